The van der Waals surface area contributed by atoms with Crippen molar-refractivity contribution in [3.8, 4) is 0 Å². The number of ether oxygens (including phenoxy) is 1. The number of amidine groups is 1. The summed E-state index contributed by atoms with van der Waals surface area (Å²) in [6, 6.07) is 7.66. The normalized spacial score (nSPS) is 21.2. The van der Waals surface area contributed by atoms with Gasteiger partial charge in [-0.1, -0.05) is 49.6 Å². The van der Waals surface area contributed by atoms with E-state index < -0.39 is 0 Å². The molecular weight excluding hydrogens is 422 g/mol. The number of hydrogen-bond donors (Lipinski definition) is 1. The Morgan fingerprint density at radius 1 is 1.19 bits per heavy atom. The standard InChI is InChI=1S/C25H33N3O3S/c1-3-31-24(30)22-17(2)26-25-28(15-6-16-32-25)23(22)19-10-12-20(13-11-19)27-21(29)14-9-18-7-4-5-8-18/h10-13,18,23H,3-9,14-16H2,1-2H3,(H,27,29). The van der Waals surface area contributed by atoms with Gasteiger partial charge in [-0.15, -0.1) is 0 Å². The molecule has 1 aromatic carbocycles. The average Bonchev–Trinajstić information content (AvgIpc) is 3.31. The lowest BCUT2D eigenvalue weighted by Gasteiger charge is -2.40. The molecule has 0 aromatic heterocycles. The monoisotopic (exact) mass is 455 g/mol. The van der Waals surface area contributed by atoms with Gasteiger partial charge in [0.1, 0.15) is 0 Å². The number of hydrogen-bond acceptors (Lipinski definition) is 6. The number of amides is 1. The van der Waals surface area contributed by atoms with Crippen LogP contribution in [0.15, 0.2) is 40.5 Å². The Morgan fingerprint density at radius 3 is 2.66 bits per heavy atom. The fraction of sp³-hybridized carbons (Fsp3) is 0.560. The van der Waals surface area contributed by atoms with E-state index >= 15 is 0 Å². The fourth-order valence-electron chi connectivity index (χ4n) is 4.89. The SMILES string of the molecule is CCOC(=O)C1=C(C)N=C2SCCCN2C1c1ccc(NC(=O)CCC2CCCC2)cc1. The minimum atomic E-state index is -0.308. The summed E-state index contributed by atoms with van der Waals surface area (Å²) in [5.74, 6) is 1.52. The number of anilines is 1. The number of carbonyl (C=O) groups is 2. The minimum Gasteiger partial charge on any atom is -0.463 e. The first kappa shape index (κ1) is 22.9. The van der Waals surface area contributed by atoms with E-state index in [2.05, 4.69) is 10.2 Å². The number of fused-ring (bicyclic) bond motifs is 1. The van der Waals surface area contributed by atoms with Crippen molar-refractivity contribution in [1.82, 2.24) is 4.90 Å². The third-order valence-corrected chi connectivity index (χ3v) is 7.60. The van der Waals surface area contributed by atoms with Gasteiger partial charge in [0.15, 0.2) is 5.17 Å². The number of thioether (sulfide) groups is 1. The number of aliphatic imine (C=N–C) groups is 1. The molecule has 0 spiro atoms. The summed E-state index contributed by atoms with van der Waals surface area (Å²) in [5.41, 5.74) is 3.12. The zero-order valence-electron chi connectivity index (χ0n) is 19.1. The quantitative estimate of drug-likeness (QED) is 0.566. The topological polar surface area (TPSA) is 71.0 Å². The summed E-state index contributed by atoms with van der Waals surface area (Å²) in [6.07, 6.45) is 7.74. The van der Waals surface area contributed by atoms with Crippen LogP contribution in [0.1, 0.15) is 70.4 Å². The number of rotatable bonds is 7. The van der Waals surface area contributed by atoms with Crippen molar-refractivity contribution in [3.05, 3.63) is 41.1 Å². The lowest BCUT2D eigenvalue weighted by molar-refractivity contribution is -0.139. The molecule has 2 aliphatic heterocycles. The van der Waals surface area contributed by atoms with Crippen LogP contribution in [0.2, 0.25) is 0 Å². The van der Waals surface area contributed by atoms with Crippen molar-refractivity contribution in [2.24, 2.45) is 10.9 Å². The molecule has 1 amide bonds. The molecule has 1 saturated heterocycles. The van der Waals surface area contributed by atoms with Crippen molar-refractivity contribution in [1.29, 1.82) is 0 Å². The lowest BCUT2D eigenvalue weighted by Crippen LogP contribution is -2.42. The predicted molar refractivity (Wildman–Crippen MR) is 130 cm³/mol. The van der Waals surface area contributed by atoms with Gasteiger partial charge in [0.2, 0.25) is 5.91 Å². The first-order chi connectivity index (χ1) is 15.6. The zero-order valence-corrected chi connectivity index (χ0v) is 19.9. The summed E-state index contributed by atoms with van der Waals surface area (Å²) in [6.45, 7) is 4.89. The molecule has 1 atom stereocenters. The van der Waals surface area contributed by atoms with Crippen LogP contribution in [0, 0.1) is 5.92 Å². The molecule has 0 bridgehead atoms. The van der Waals surface area contributed by atoms with E-state index in [1.165, 1.54) is 25.7 Å². The molecule has 2 fully saturated rings. The van der Waals surface area contributed by atoms with Gasteiger partial charge in [-0.25, -0.2) is 9.79 Å². The number of benzene rings is 1. The summed E-state index contributed by atoms with van der Waals surface area (Å²) in [5, 5.41) is 4.00. The van der Waals surface area contributed by atoms with E-state index in [-0.39, 0.29) is 17.9 Å². The van der Waals surface area contributed by atoms with Gasteiger partial charge in [-0.3, -0.25) is 4.79 Å². The van der Waals surface area contributed by atoms with Crippen LogP contribution >= 0.6 is 11.8 Å². The Morgan fingerprint density at radius 2 is 1.94 bits per heavy atom. The Balaban J connectivity index is 1.49. The van der Waals surface area contributed by atoms with Gasteiger partial charge >= 0.3 is 5.97 Å². The van der Waals surface area contributed by atoms with Crippen LogP contribution in [0.3, 0.4) is 0 Å². The molecule has 6 nitrogen and oxygen atoms in total. The number of allylic oxidation sites excluding steroid dienone is 1. The van der Waals surface area contributed by atoms with Crippen LogP contribution in [0.5, 0.6) is 0 Å². The van der Waals surface area contributed by atoms with Crippen molar-refractivity contribution in [3.63, 3.8) is 0 Å². The highest BCUT2D eigenvalue weighted by atomic mass is 32.2. The summed E-state index contributed by atoms with van der Waals surface area (Å²) < 4.78 is 5.37. The van der Waals surface area contributed by atoms with Crippen molar-refractivity contribution >= 4 is 34.5 Å². The molecular formula is C25H33N3O3S. The van der Waals surface area contributed by atoms with Gasteiger partial charge in [0.25, 0.3) is 0 Å². The van der Waals surface area contributed by atoms with E-state index in [0.29, 0.717) is 24.5 Å². The molecule has 1 N–H and O–H groups in total. The number of nitrogens with zero attached hydrogens (tertiary/aromatic N) is 2. The maximum absolute atomic E-state index is 12.8. The highest BCUT2D eigenvalue weighted by Gasteiger charge is 2.37. The predicted octanol–water partition coefficient (Wildman–Crippen LogP) is 5.28. The van der Waals surface area contributed by atoms with Crippen LogP contribution < -0.4 is 5.32 Å². The second kappa shape index (κ2) is 10.6. The van der Waals surface area contributed by atoms with E-state index in [1.54, 1.807) is 11.8 Å². The molecule has 2 heterocycles. The van der Waals surface area contributed by atoms with Gasteiger partial charge < -0.3 is 15.0 Å². The van der Waals surface area contributed by atoms with Gasteiger partial charge in [0, 0.05) is 24.4 Å². The average molecular weight is 456 g/mol. The Labute approximate surface area is 194 Å². The highest BCUT2D eigenvalue weighted by Crippen LogP contribution is 2.40. The Bertz CT molecular complexity index is 904. The largest absolute Gasteiger partial charge is 0.463 e. The maximum Gasteiger partial charge on any atom is 0.338 e. The molecule has 172 valence electrons. The molecule has 1 saturated carbocycles. The van der Waals surface area contributed by atoms with Crippen LogP contribution in [0.25, 0.3) is 0 Å². The molecule has 7 heteroatoms. The molecule has 4 rings (SSSR count). The molecule has 1 aromatic rings. The summed E-state index contributed by atoms with van der Waals surface area (Å²) >= 11 is 1.74. The third kappa shape index (κ3) is 5.20. The zero-order chi connectivity index (χ0) is 22.5. The van der Waals surface area contributed by atoms with Crippen molar-refractivity contribution < 1.29 is 14.3 Å². The van der Waals surface area contributed by atoms with Crippen LogP contribution in [-0.2, 0) is 14.3 Å². The van der Waals surface area contributed by atoms with Gasteiger partial charge in [-0.2, -0.15) is 0 Å². The number of esters is 1. The summed E-state index contributed by atoms with van der Waals surface area (Å²) in [7, 11) is 0. The Kier molecular flexibility index (Phi) is 7.55. The minimum absolute atomic E-state index is 0.0760. The maximum atomic E-state index is 12.8. The lowest BCUT2D eigenvalue weighted by atomic mass is 9.94. The van der Waals surface area contributed by atoms with E-state index in [4.69, 9.17) is 9.73 Å². The molecule has 32 heavy (non-hydrogen) atoms. The number of nitrogens with one attached hydrogen (secondary N) is 1. The van der Waals surface area contributed by atoms with Crippen molar-refractivity contribution in [2.75, 3.05) is 24.2 Å². The second-order valence-electron chi connectivity index (χ2n) is 8.77. The third-order valence-electron chi connectivity index (χ3n) is 6.52. The van der Waals surface area contributed by atoms with Crippen LogP contribution in [0.4, 0.5) is 5.69 Å². The fourth-order valence-corrected chi connectivity index (χ4v) is 5.91. The molecule has 3 aliphatic rings. The molecule has 1 unspecified atom stereocenters. The Hall–Kier alpha value is -2.28. The summed E-state index contributed by atoms with van der Waals surface area (Å²) in [4.78, 5) is 32.1. The van der Waals surface area contributed by atoms with Gasteiger partial charge in [0.05, 0.1) is 23.9 Å². The van der Waals surface area contributed by atoms with E-state index in [9.17, 15) is 9.59 Å². The van der Waals surface area contributed by atoms with Gasteiger partial charge in [-0.05, 0) is 50.3 Å². The molecule has 0 radical (unpaired) electrons. The van der Waals surface area contributed by atoms with E-state index in [0.717, 1.165) is 47.3 Å². The van der Waals surface area contributed by atoms with Crippen LogP contribution in [-0.4, -0.2) is 40.8 Å². The number of carbonyl (C=O) groups excluding carboxylic acids is 2. The van der Waals surface area contributed by atoms with E-state index in [1.807, 2.05) is 38.1 Å². The first-order valence-corrected chi connectivity index (χ1v) is 12.8. The highest BCUT2D eigenvalue weighted by molar-refractivity contribution is 8.13. The van der Waals surface area contributed by atoms with Crippen molar-refractivity contribution in [2.45, 2.75) is 64.8 Å². The molecule has 1 aliphatic carbocycles. The second-order valence-corrected chi connectivity index (χ2v) is 9.83. The smallest absolute Gasteiger partial charge is 0.338 e. The first-order valence-electron chi connectivity index (χ1n) is 11.8.